The lowest BCUT2D eigenvalue weighted by Gasteiger charge is -2.09. The molecule has 9 heteroatoms. The van der Waals surface area contributed by atoms with Gasteiger partial charge in [0.2, 0.25) is 5.88 Å². The number of aromatic amines is 1. The second-order valence-corrected chi connectivity index (χ2v) is 5.69. The van der Waals surface area contributed by atoms with Crippen LogP contribution in [0, 0.1) is 0 Å². The quantitative estimate of drug-likeness (QED) is 0.557. The molecule has 0 bridgehead atoms. The molecule has 4 aromatic rings. The summed E-state index contributed by atoms with van der Waals surface area (Å²) >= 11 is 0. The summed E-state index contributed by atoms with van der Waals surface area (Å²) in [5.74, 6) is 0.931. The number of alkyl halides is 3. The van der Waals surface area contributed by atoms with Crippen molar-refractivity contribution >= 4 is 17.0 Å². The number of nitrogens with two attached hydrogens (primary N) is 1. The van der Waals surface area contributed by atoms with Crippen molar-refractivity contribution in [3.8, 4) is 22.9 Å². The van der Waals surface area contributed by atoms with Gasteiger partial charge in [0, 0.05) is 11.6 Å². The van der Waals surface area contributed by atoms with E-state index in [2.05, 4.69) is 19.9 Å². The Morgan fingerprint density at radius 1 is 1.00 bits per heavy atom. The predicted molar refractivity (Wildman–Crippen MR) is 93.1 cm³/mol. The van der Waals surface area contributed by atoms with E-state index >= 15 is 0 Å². The van der Waals surface area contributed by atoms with Crippen LogP contribution in [0.2, 0.25) is 0 Å². The first-order valence-corrected chi connectivity index (χ1v) is 7.82. The van der Waals surface area contributed by atoms with Crippen molar-refractivity contribution in [2.24, 2.45) is 0 Å². The van der Waals surface area contributed by atoms with Crippen LogP contribution in [0.15, 0.2) is 54.9 Å². The molecule has 0 saturated carbocycles. The minimum absolute atomic E-state index is 0.231. The molecule has 27 heavy (non-hydrogen) atoms. The molecular weight excluding hydrogens is 359 g/mol. The number of nitrogens with zero attached hydrogens (tertiary/aromatic N) is 3. The third-order valence-corrected chi connectivity index (χ3v) is 3.86. The number of benzene rings is 2. The summed E-state index contributed by atoms with van der Waals surface area (Å²) in [5, 5.41) is 0. The van der Waals surface area contributed by atoms with Gasteiger partial charge in [-0.3, -0.25) is 0 Å². The van der Waals surface area contributed by atoms with Crippen molar-refractivity contribution in [2.75, 3.05) is 5.73 Å². The van der Waals surface area contributed by atoms with E-state index in [1.165, 1.54) is 24.5 Å². The lowest BCUT2D eigenvalue weighted by Crippen LogP contribution is -2.04. The number of anilines is 1. The third kappa shape index (κ3) is 3.39. The van der Waals surface area contributed by atoms with Crippen LogP contribution in [0.4, 0.5) is 19.1 Å². The van der Waals surface area contributed by atoms with Crippen molar-refractivity contribution in [3.05, 3.63) is 60.4 Å². The van der Waals surface area contributed by atoms with Gasteiger partial charge in [0.05, 0.1) is 16.8 Å². The first-order valence-electron chi connectivity index (χ1n) is 7.82. The van der Waals surface area contributed by atoms with Crippen LogP contribution < -0.4 is 10.5 Å². The summed E-state index contributed by atoms with van der Waals surface area (Å²) in [5.41, 5.74) is 7.15. The van der Waals surface area contributed by atoms with Gasteiger partial charge >= 0.3 is 6.18 Å². The zero-order valence-corrected chi connectivity index (χ0v) is 13.7. The number of ether oxygens (including phenoxy) is 1. The van der Waals surface area contributed by atoms with Gasteiger partial charge in [0.1, 0.15) is 11.8 Å². The van der Waals surface area contributed by atoms with Gasteiger partial charge in [0.25, 0.3) is 0 Å². The van der Waals surface area contributed by atoms with E-state index in [0.29, 0.717) is 28.0 Å². The zero-order valence-electron chi connectivity index (χ0n) is 13.7. The van der Waals surface area contributed by atoms with E-state index in [9.17, 15) is 13.2 Å². The summed E-state index contributed by atoms with van der Waals surface area (Å²) in [4.78, 5) is 15.2. The number of H-pyrrole nitrogens is 1. The minimum Gasteiger partial charge on any atom is -0.437 e. The molecule has 6 nitrogen and oxygen atoms in total. The number of nitrogen functional groups attached to an aromatic ring is 1. The van der Waals surface area contributed by atoms with Crippen molar-refractivity contribution in [1.29, 1.82) is 0 Å². The van der Waals surface area contributed by atoms with E-state index in [0.717, 1.165) is 12.1 Å². The van der Waals surface area contributed by atoms with Crippen molar-refractivity contribution < 1.29 is 17.9 Å². The maximum atomic E-state index is 12.7. The Balaban J connectivity index is 1.64. The normalized spacial score (nSPS) is 11.7. The summed E-state index contributed by atoms with van der Waals surface area (Å²) in [6, 6.07) is 11.5. The molecule has 0 saturated heterocycles. The highest BCUT2D eigenvalue weighted by molar-refractivity contribution is 5.83. The van der Waals surface area contributed by atoms with Gasteiger partial charge in [0.15, 0.2) is 11.7 Å². The molecule has 0 atom stereocenters. The van der Waals surface area contributed by atoms with Gasteiger partial charge in [-0.1, -0.05) is 18.2 Å². The maximum absolute atomic E-state index is 12.7. The predicted octanol–water partition coefficient (Wildman–Crippen LogP) is 4.41. The molecule has 0 fully saturated rings. The van der Waals surface area contributed by atoms with E-state index in [1.807, 2.05) is 0 Å². The number of imidazole rings is 1. The molecule has 0 aliphatic carbocycles. The topological polar surface area (TPSA) is 89.7 Å². The van der Waals surface area contributed by atoms with Gasteiger partial charge in [-0.15, -0.1) is 0 Å². The number of hydrogen-bond acceptors (Lipinski definition) is 5. The Morgan fingerprint density at radius 3 is 2.52 bits per heavy atom. The Kier molecular flexibility index (Phi) is 3.91. The van der Waals surface area contributed by atoms with E-state index in [-0.39, 0.29) is 11.8 Å². The fourth-order valence-corrected chi connectivity index (χ4v) is 2.60. The number of aromatic nitrogens is 4. The Hall–Kier alpha value is -3.62. The van der Waals surface area contributed by atoms with E-state index < -0.39 is 11.7 Å². The summed E-state index contributed by atoms with van der Waals surface area (Å²) in [7, 11) is 0. The number of para-hydroxylation sites is 1. The van der Waals surface area contributed by atoms with Gasteiger partial charge in [-0.2, -0.15) is 13.2 Å². The van der Waals surface area contributed by atoms with Gasteiger partial charge < -0.3 is 15.5 Å². The average molecular weight is 371 g/mol. The number of rotatable bonds is 3. The minimum atomic E-state index is -4.39. The molecule has 0 spiro atoms. The molecule has 2 aromatic carbocycles. The third-order valence-electron chi connectivity index (χ3n) is 3.86. The summed E-state index contributed by atoms with van der Waals surface area (Å²) in [6.45, 7) is 0. The SMILES string of the molecule is Nc1nc2c(Oc3cc(-c4ccc(C(F)(F)F)cc4)ncn3)cccc2[nH]1. The lowest BCUT2D eigenvalue weighted by molar-refractivity contribution is -0.137. The average Bonchev–Trinajstić information content (AvgIpc) is 3.03. The van der Waals surface area contributed by atoms with Gasteiger partial charge in [-0.25, -0.2) is 15.0 Å². The maximum Gasteiger partial charge on any atom is 0.416 e. The first-order chi connectivity index (χ1) is 12.9. The second-order valence-electron chi connectivity index (χ2n) is 5.69. The largest absolute Gasteiger partial charge is 0.437 e. The highest BCUT2D eigenvalue weighted by Gasteiger charge is 2.30. The molecule has 0 aliphatic heterocycles. The highest BCUT2D eigenvalue weighted by Crippen LogP contribution is 2.32. The molecule has 0 amide bonds. The molecule has 136 valence electrons. The van der Waals surface area contributed by atoms with Crippen LogP contribution in [0.5, 0.6) is 11.6 Å². The van der Waals surface area contributed by atoms with Crippen LogP contribution in [0.3, 0.4) is 0 Å². The Morgan fingerprint density at radius 2 is 1.78 bits per heavy atom. The van der Waals surface area contributed by atoms with Crippen molar-refractivity contribution in [1.82, 2.24) is 19.9 Å². The number of hydrogen-bond donors (Lipinski definition) is 2. The van der Waals surface area contributed by atoms with Crippen molar-refractivity contribution in [3.63, 3.8) is 0 Å². The summed E-state index contributed by atoms with van der Waals surface area (Å²) in [6.07, 6.45) is -3.11. The molecule has 0 unspecified atom stereocenters. The van der Waals surface area contributed by atoms with Crippen LogP contribution in [-0.4, -0.2) is 19.9 Å². The first kappa shape index (κ1) is 16.8. The van der Waals surface area contributed by atoms with Crippen LogP contribution in [0.1, 0.15) is 5.56 Å². The molecule has 2 aromatic heterocycles. The monoisotopic (exact) mass is 371 g/mol. The molecule has 3 N–H and O–H groups in total. The Bertz CT molecular complexity index is 1110. The number of fused-ring (bicyclic) bond motifs is 1. The standard InChI is InChI=1S/C18H12F3N5O/c19-18(20,21)11-6-4-10(5-7-11)13-8-15(24-9-23-13)27-14-3-1-2-12-16(14)26-17(22)25-12/h1-9H,(H3,22,25,26). The molecule has 0 aliphatic rings. The van der Waals surface area contributed by atoms with E-state index in [4.69, 9.17) is 10.5 Å². The number of halogens is 3. The Labute approximate surface area is 150 Å². The van der Waals surface area contributed by atoms with Crippen LogP contribution >= 0.6 is 0 Å². The van der Waals surface area contributed by atoms with Gasteiger partial charge in [-0.05, 0) is 24.3 Å². The fraction of sp³-hybridized carbons (Fsp3) is 0.0556. The smallest absolute Gasteiger partial charge is 0.416 e. The fourth-order valence-electron chi connectivity index (χ4n) is 2.60. The molecule has 0 radical (unpaired) electrons. The van der Waals surface area contributed by atoms with Crippen molar-refractivity contribution in [2.45, 2.75) is 6.18 Å². The van der Waals surface area contributed by atoms with Crippen LogP contribution in [-0.2, 0) is 6.18 Å². The van der Waals surface area contributed by atoms with E-state index in [1.54, 1.807) is 18.2 Å². The summed E-state index contributed by atoms with van der Waals surface area (Å²) < 4.78 is 43.9. The highest BCUT2D eigenvalue weighted by atomic mass is 19.4. The number of nitrogens with one attached hydrogen (secondary N) is 1. The van der Waals surface area contributed by atoms with Crippen LogP contribution in [0.25, 0.3) is 22.3 Å². The zero-order chi connectivity index (χ0) is 19.0. The lowest BCUT2D eigenvalue weighted by atomic mass is 10.1. The molecule has 2 heterocycles. The second kappa shape index (κ2) is 6.27. The molecular formula is C18H12F3N5O. The molecule has 4 rings (SSSR count).